The molecular weight excluding hydrogens is 340 g/mol. The third kappa shape index (κ3) is 3.37. The van der Waals surface area contributed by atoms with Crippen molar-refractivity contribution in [2.45, 2.75) is 45.6 Å². The van der Waals surface area contributed by atoms with Gasteiger partial charge in [-0.1, -0.05) is 26.7 Å². The van der Waals surface area contributed by atoms with Gasteiger partial charge in [-0.15, -0.1) is 0 Å². The molecule has 0 saturated heterocycles. The van der Waals surface area contributed by atoms with Gasteiger partial charge in [-0.3, -0.25) is 0 Å². The first-order valence-corrected chi connectivity index (χ1v) is 7.87. The molecule has 1 aliphatic rings. The van der Waals surface area contributed by atoms with Crippen LogP contribution in [-0.2, 0) is 0 Å². The van der Waals surface area contributed by atoms with Crippen LogP contribution in [0.15, 0.2) is 18.2 Å². The predicted octanol–water partition coefficient (Wildman–Crippen LogP) is 5.06. The van der Waals surface area contributed by atoms with Crippen LogP contribution < -0.4 is 5.32 Å². The van der Waals surface area contributed by atoms with Crippen molar-refractivity contribution in [3.63, 3.8) is 0 Å². The number of halogens is 2. The Bertz CT molecular complexity index is 405. The molecule has 1 aromatic carbocycles. The van der Waals surface area contributed by atoms with Gasteiger partial charge in [0.25, 0.3) is 0 Å². The quantitative estimate of drug-likeness (QED) is 0.743. The fourth-order valence-electron chi connectivity index (χ4n) is 2.94. The maximum Gasteiger partial charge on any atom is 0.124 e. The maximum atomic E-state index is 13.1. The molecule has 2 unspecified atom stereocenters. The molecule has 1 saturated carbocycles. The zero-order chi connectivity index (χ0) is 13.1. The molecule has 18 heavy (non-hydrogen) atoms. The molecule has 1 aliphatic carbocycles. The number of anilines is 1. The highest BCUT2D eigenvalue weighted by Crippen LogP contribution is 2.33. The molecule has 1 aromatic rings. The third-order valence-corrected chi connectivity index (χ3v) is 4.84. The van der Waals surface area contributed by atoms with Crippen LogP contribution in [-0.4, -0.2) is 6.04 Å². The summed E-state index contributed by atoms with van der Waals surface area (Å²) in [5, 5.41) is 3.63. The first-order chi connectivity index (χ1) is 8.58. The van der Waals surface area contributed by atoms with Gasteiger partial charge in [0, 0.05) is 15.3 Å². The average molecular weight is 361 g/mol. The molecule has 2 atom stereocenters. The summed E-state index contributed by atoms with van der Waals surface area (Å²) >= 11 is 2.20. The number of hydrogen-bond donors (Lipinski definition) is 1. The molecule has 100 valence electrons. The van der Waals surface area contributed by atoms with Gasteiger partial charge in [-0.25, -0.2) is 4.39 Å². The number of nitrogens with one attached hydrogen (secondary N) is 1. The highest BCUT2D eigenvalue weighted by atomic mass is 127. The summed E-state index contributed by atoms with van der Waals surface area (Å²) in [6, 6.07) is 5.54. The van der Waals surface area contributed by atoms with Gasteiger partial charge in [-0.2, -0.15) is 0 Å². The van der Waals surface area contributed by atoms with Gasteiger partial charge in [-0.05, 0) is 65.5 Å². The number of hydrogen-bond acceptors (Lipinski definition) is 1. The second-order valence-electron chi connectivity index (χ2n) is 5.57. The molecule has 1 nitrogen and oxygen atoms in total. The van der Waals surface area contributed by atoms with Gasteiger partial charge >= 0.3 is 0 Å². The Hall–Kier alpha value is -0.320. The van der Waals surface area contributed by atoms with Crippen LogP contribution in [0.1, 0.15) is 39.5 Å². The molecular formula is C15H21FIN. The van der Waals surface area contributed by atoms with Crippen LogP contribution >= 0.6 is 22.6 Å². The van der Waals surface area contributed by atoms with Crippen molar-refractivity contribution < 1.29 is 4.39 Å². The van der Waals surface area contributed by atoms with Gasteiger partial charge in [0.15, 0.2) is 0 Å². The average Bonchev–Trinajstić information content (AvgIpc) is 2.33. The van der Waals surface area contributed by atoms with E-state index in [1.165, 1.54) is 31.7 Å². The lowest BCUT2D eigenvalue weighted by Gasteiger charge is -2.35. The fraction of sp³-hybridized carbons (Fsp3) is 0.600. The van der Waals surface area contributed by atoms with Crippen LogP contribution in [0.25, 0.3) is 0 Å². The lowest BCUT2D eigenvalue weighted by Crippen LogP contribution is -2.35. The fourth-order valence-corrected chi connectivity index (χ4v) is 3.58. The van der Waals surface area contributed by atoms with Crippen molar-refractivity contribution in [2.75, 3.05) is 5.32 Å². The Balaban J connectivity index is 2.11. The molecule has 3 heteroatoms. The molecule has 0 aromatic heterocycles. The van der Waals surface area contributed by atoms with Crippen LogP contribution in [0, 0.1) is 21.2 Å². The molecule has 0 amide bonds. The summed E-state index contributed by atoms with van der Waals surface area (Å²) in [5.41, 5.74) is 1.08. The van der Waals surface area contributed by atoms with E-state index in [1.807, 2.05) is 6.07 Å². The van der Waals surface area contributed by atoms with E-state index in [0.717, 1.165) is 15.2 Å². The molecule has 0 radical (unpaired) electrons. The Morgan fingerprint density at radius 3 is 2.67 bits per heavy atom. The van der Waals surface area contributed by atoms with Gasteiger partial charge in [0.1, 0.15) is 5.82 Å². The van der Waals surface area contributed by atoms with Crippen molar-refractivity contribution in [3.05, 3.63) is 27.6 Å². The lowest BCUT2D eigenvalue weighted by molar-refractivity contribution is 0.253. The standard InChI is InChI=1S/C15H21FIN/c1-10(2)12-5-3-4-6-14(12)18-15-8-7-11(16)9-13(15)17/h7-10,12,14,18H,3-6H2,1-2H3. The topological polar surface area (TPSA) is 12.0 Å². The summed E-state index contributed by atoms with van der Waals surface area (Å²) in [6.07, 6.45) is 5.20. The van der Waals surface area contributed by atoms with Gasteiger partial charge < -0.3 is 5.32 Å². The smallest absolute Gasteiger partial charge is 0.124 e. The zero-order valence-corrected chi connectivity index (χ0v) is 13.2. The Morgan fingerprint density at radius 2 is 2.00 bits per heavy atom. The van der Waals surface area contributed by atoms with E-state index in [9.17, 15) is 4.39 Å². The minimum atomic E-state index is -0.158. The molecule has 1 N–H and O–H groups in total. The third-order valence-electron chi connectivity index (χ3n) is 3.95. The normalized spacial score (nSPS) is 24.3. The van der Waals surface area contributed by atoms with E-state index in [2.05, 4.69) is 41.8 Å². The molecule has 0 bridgehead atoms. The predicted molar refractivity (Wildman–Crippen MR) is 83.3 cm³/mol. The first kappa shape index (κ1) is 14.1. The van der Waals surface area contributed by atoms with E-state index in [4.69, 9.17) is 0 Å². The molecule has 0 heterocycles. The van der Waals surface area contributed by atoms with Crippen molar-refractivity contribution in [2.24, 2.45) is 11.8 Å². The van der Waals surface area contributed by atoms with Crippen molar-refractivity contribution in [1.82, 2.24) is 0 Å². The molecule has 0 aliphatic heterocycles. The first-order valence-electron chi connectivity index (χ1n) is 6.79. The van der Waals surface area contributed by atoms with Crippen molar-refractivity contribution >= 4 is 28.3 Å². The summed E-state index contributed by atoms with van der Waals surface area (Å²) in [5.74, 6) is 1.29. The Morgan fingerprint density at radius 1 is 1.28 bits per heavy atom. The summed E-state index contributed by atoms with van der Waals surface area (Å²) in [4.78, 5) is 0. The zero-order valence-electron chi connectivity index (χ0n) is 11.0. The minimum absolute atomic E-state index is 0.158. The largest absolute Gasteiger partial charge is 0.381 e. The van der Waals surface area contributed by atoms with Crippen LogP contribution in [0.5, 0.6) is 0 Å². The van der Waals surface area contributed by atoms with E-state index in [0.29, 0.717) is 12.0 Å². The summed E-state index contributed by atoms with van der Waals surface area (Å²) in [7, 11) is 0. The molecule has 2 rings (SSSR count). The lowest BCUT2D eigenvalue weighted by atomic mass is 9.78. The second kappa shape index (κ2) is 6.22. The van der Waals surface area contributed by atoms with Crippen molar-refractivity contribution in [3.8, 4) is 0 Å². The maximum absolute atomic E-state index is 13.1. The SMILES string of the molecule is CC(C)C1CCCCC1Nc1ccc(F)cc1I. The number of rotatable bonds is 3. The van der Waals surface area contributed by atoms with E-state index < -0.39 is 0 Å². The highest BCUT2D eigenvalue weighted by molar-refractivity contribution is 14.1. The van der Waals surface area contributed by atoms with Crippen LogP contribution in [0.3, 0.4) is 0 Å². The van der Waals surface area contributed by atoms with Crippen LogP contribution in [0.2, 0.25) is 0 Å². The number of benzene rings is 1. The summed E-state index contributed by atoms with van der Waals surface area (Å²) < 4.78 is 14.1. The van der Waals surface area contributed by atoms with E-state index >= 15 is 0 Å². The van der Waals surface area contributed by atoms with E-state index in [-0.39, 0.29) is 5.82 Å². The molecule has 0 spiro atoms. The van der Waals surface area contributed by atoms with Crippen molar-refractivity contribution in [1.29, 1.82) is 0 Å². The second-order valence-corrected chi connectivity index (χ2v) is 6.73. The molecule has 1 fully saturated rings. The van der Waals surface area contributed by atoms with Crippen LogP contribution in [0.4, 0.5) is 10.1 Å². The monoisotopic (exact) mass is 361 g/mol. The van der Waals surface area contributed by atoms with Gasteiger partial charge in [0.05, 0.1) is 0 Å². The Kier molecular flexibility index (Phi) is 4.87. The highest BCUT2D eigenvalue weighted by Gasteiger charge is 2.27. The van der Waals surface area contributed by atoms with E-state index in [1.54, 1.807) is 6.07 Å². The summed E-state index contributed by atoms with van der Waals surface area (Å²) in [6.45, 7) is 4.61. The minimum Gasteiger partial charge on any atom is -0.381 e. The van der Waals surface area contributed by atoms with Gasteiger partial charge in [0.2, 0.25) is 0 Å². The Labute approximate surface area is 123 Å².